The second-order valence-electron chi connectivity index (χ2n) is 4.83. The predicted molar refractivity (Wildman–Crippen MR) is 77.6 cm³/mol. The van der Waals surface area contributed by atoms with Crippen LogP contribution in [0.1, 0.15) is 20.8 Å². The van der Waals surface area contributed by atoms with Gasteiger partial charge in [0.05, 0.1) is 9.79 Å². The maximum atomic E-state index is 5.76. The van der Waals surface area contributed by atoms with E-state index in [1.807, 2.05) is 36.4 Å². The fourth-order valence-corrected chi connectivity index (χ4v) is 2.43. The van der Waals surface area contributed by atoms with E-state index in [0.29, 0.717) is 0 Å². The molecule has 0 unspecified atom stereocenters. The van der Waals surface area contributed by atoms with Crippen LogP contribution in [0, 0.1) is 5.92 Å². The van der Waals surface area contributed by atoms with Gasteiger partial charge in [-0.05, 0) is 30.2 Å². The minimum absolute atomic E-state index is 0.833. The first-order valence-corrected chi connectivity index (χ1v) is 7.02. The molecule has 18 heavy (non-hydrogen) atoms. The van der Waals surface area contributed by atoms with E-state index in [-0.39, 0.29) is 0 Å². The summed E-state index contributed by atoms with van der Waals surface area (Å²) in [6.45, 7) is 6.50. The van der Waals surface area contributed by atoms with Gasteiger partial charge in [-0.3, -0.25) is 0 Å². The van der Waals surface area contributed by atoms with Gasteiger partial charge in [-0.2, -0.15) is 0 Å². The number of hydrogen-bond donors (Lipinski definition) is 0. The number of fused-ring (bicyclic) bond motifs is 2. The van der Waals surface area contributed by atoms with Crippen LogP contribution in [0.5, 0.6) is 11.5 Å². The quantitative estimate of drug-likeness (QED) is 0.518. The van der Waals surface area contributed by atoms with Crippen LogP contribution >= 0.6 is 11.8 Å². The molecule has 0 bridgehead atoms. The van der Waals surface area contributed by atoms with E-state index in [0.717, 1.165) is 17.4 Å². The van der Waals surface area contributed by atoms with Crippen molar-refractivity contribution in [3.8, 4) is 11.5 Å². The molecule has 0 fully saturated rings. The molecule has 1 aliphatic heterocycles. The monoisotopic (exact) mass is 258 g/mol. The molecule has 0 N–H and O–H groups in total. The molecule has 0 radical (unpaired) electrons. The molecule has 94 valence electrons. The lowest BCUT2D eigenvalue weighted by Gasteiger charge is -2.18. The molecule has 0 saturated heterocycles. The summed E-state index contributed by atoms with van der Waals surface area (Å²) in [7, 11) is 0. The first-order valence-electron chi connectivity index (χ1n) is 6.20. The molecule has 0 aliphatic carbocycles. The first-order chi connectivity index (χ1) is 8.66. The van der Waals surface area contributed by atoms with Crippen molar-refractivity contribution in [3.63, 3.8) is 0 Å². The summed E-state index contributed by atoms with van der Waals surface area (Å²) < 4.78 is 5.76. The zero-order chi connectivity index (χ0) is 13.0. The van der Waals surface area contributed by atoms with Crippen molar-refractivity contribution in [3.05, 3.63) is 48.5 Å². The van der Waals surface area contributed by atoms with Gasteiger partial charge in [-0.25, -0.2) is 0 Å². The molecule has 1 heterocycles. The molecular formula is C16H18OS. The van der Waals surface area contributed by atoms with Gasteiger partial charge >= 0.3 is 0 Å². The van der Waals surface area contributed by atoms with Gasteiger partial charge in [0.1, 0.15) is 11.5 Å². The van der Waals surface area contributed by atoms with E-state index < -0.39 is 0 Å². The lowest BCUT2D eigenvalue weighted by molar-refractivity contribution is 0.454. The molecule has 0 spiro atoms. The summed E-state index contributed by atoms with van der Waals surface area (Å²) >= 11 is 1.76. The van der Waals surface area contributed by atoms with E-state index in [1.54, 1.807) is 11.8 Å². The van der Waals surface area contributed by atoms with Crippen molar-refractivity contribution < 1.29 is 4.74 Å². The van der Waals surface area contributed by atoms with E-state index in [9.17, 15) is 0 Å². The maximum absolute atomic E-state index is 5.76. The minimum Gasteiger partial charge on any atom is -0.455 e. The standard InChI is InChI=1S/C12H8OS.C4H10/c1-3-7-11-9(5-1)13-10-6-2-4-8-12(10)14-11;1-4(2)3/h1-8H;4H,1-3H3. The zero-order valence-electron chi connectivity index (χ0n) is 11.0. The summed E-state index contributed by atoms with van der Waals surface area (Å²) in [6.07, 6.45) is 0. The van der Waals surface area contributed by atoms with E-state index in [1.165, 1.54) is 9.79 Å². The van der Waals surface area contributed by atoms with Crippen molar-refractivity contribution >= 4 is 11.8 Å². The Balaban J connectivity index is 0.000000267. The topological polar surface area (TPSA) is 9.23 Å². The third-order valence-corrected chi connectivity index (χ3v) is 3.25. The SMILES string of the molecule is CC(C)C.c1ccc2c(c1)Oc1ccccc1S2. The fraction of sp³-hybridized carbons (Fsp3) is 0.250. The highest BCUT2D eigenvalue weighted by atomic mass is 32.2. The molecule has 0 atom stereocenters. The fourth-order valence-electron chi connectivity index (χ4n) is 1.47. The molecule has 2 aromatic rings. The molecule has 0 saturated carbocycles. The van der Waals surface area contributed by atoms with Crippen molar-refractivity contribution in [1.82, 2.24) is 0 Å². The van der Waals surface area contributed by atoms with E-state index in [4.69, 9.17) is 4.74 Å². The molecule has 2 heteroatoms. The number of ether oxygens (including phenoxy) is 1. The Bertz CT molecular complexity index is 430. The summed E-state index contributed by atoms with van der Waals surface area (Å²) in [5, 5.41) is 0. The smallest absolute Gasteiger partial charge is 0.141 e. The summed E-state index contributed by atoms with van der Waals surface area (Å²) in [5.41, 5.74) is 0. The summed E-state index contributed by atoms with van der Waals surface area (Å²) in [5.74, 6) is 2.74. The van der Waals surface area contributed by atoms with Crippen LogP contribution in [0.3, 0.4) is 0 Å². The predicted octanol–water partition coefficient (Wildman–Crippen LogP) is 5.61. The average Bonchev–Trinajstić information content (AvgIpc) is 2.35. The lowest BCUT2D eigenvalue weighted by Crippen LogP contribution is -1.93. The maximum Gasteiger partial charge on any atom is 0.141 e. The number of benzene rings is 2. The molecule has 1 aliphatic rings. The third-order valence-electron chi connectivity index (χ3n) is 2.14. The van der Waals surface area contributed by atoms with E-state index in [2.05, 4.69) is 32.9 Å². The number of rotatable bonds is 0. The highest BCUT2D eigenvalue weighted by Gasteiger charge is 2.15. The summed E-state index contributed by atoms with van der Waals surface area (Å²) in [6, 6.07) is 16.2. The van der Waals surface area contributed by atoms with E-state index >= 15 is 0 Å². The lowest BCUT2D eigenvalue weighted by atomic mass is 10.3. The van der Waals surface area contributed by atoms with Crippen LogP contribution in [0.4, 0.5) is 0 Å². The third kappa shape index (κ3) is 3.30. The van der Waals surface area contributed by atoms with Gasteiger partial charge in [0, 0.05) is 0 Å². The molecule has 0 aromatic heterocycles. The van der Waals surface area contributed by atoms with Crippen LogP contribution in [-0.2, 0) is 0 Å². The van der Waals surface area contributed by atoms with Crippen molar-refractivity contribution in [1.29, 1.82) is 0 Å². The molecule has 0 amide bonds. The molecule has 3 rings (SSSR count). The first kappa shape index (κ1) is 13.0. The highest BCUT2D eigenvalue weighted by molar-refractivity contribution is 7.99. The average molecular weight is 258 g/mol. The number of hydrogen-bond acceptors (Lipinski definition) is 2. The Labute approximate surface area is 113 Å². The largest absolute Gasteiger partial charge is 0.455 e. The van der Waals surface area contributed by atoms with Crippen LogP contribution in [0.2, 0.25) is 0 Å². The highest BCUT2D eigenvalue weighted by Crippen LogP contribution is 2.46. The number of para-hydroxylation sites is 2. The Hall–Kier alpha value is -1.41. The Morgan fingerprint density at radius 3 is 1.61 bits per heavy atom. The van der Waals surface area contributed by atoms with Gasteiger partial charge < -0.3 is 4.74 Å². The van der Waals surface area contributed by atoms with Crippen LogP contribution in [-0.4, -0.2) is 0 Å². The van der Waals surface area contributed by atoms with Gasteiger partial charge in [-0.15, -0.1) is 0 Å². The van der Waals surface area contributed by atoms with Crippen molar-refractivity contribution in [2.24, 2.45) is 5.92 Å². The summed E-state index contributed by atoms with van der Waals surface area (Å²) in [4.78, 5) is 2.37. The van der Waals surface area contributed by atoms with Crippen molar-refractivity contribution in [2.75, 3.05) is 0 Å². The van der Waals surface area contributed by atoms with Gasteiger partial charge in [0.25, 0.3) is 0 Å². The second-order valence-corrected chi connectivity index (χ2v) is 5.91. The van der Waals surface area contributed by atoms with Crippen LogP contribution in [0.15, 0.2) is 58.3 Å². The second kappa shape index (κ2) is 5.96. The van der Waals surface area contributed by atoms with Gasteiger partial charge in [-0.1, -0.05) is 56.8 Å². The normalized spacial score (nSPS) is 11.8. The Morgan fingerprint density at radius 1 is 0.778 bits per heavy atom. The van der Waals surface area contributed by atoms with Gasteiger partial charge in [0.2, 0.25) is 0 Å². The minimum atomic E-state index is 0.833. The Morgan fingerprint density at radius 2 is 1.17 bits per heavy atom. The zero-order valence-corrected chi connectivity index (χ0v) is 11.8. The Kier molecular flexibility index (Phi) is 4.32. The van der Waals surface area contributed by atoms with Gasteiger partial charge in [0.15, 0.2) is 0 Å². The molecular weight excluding hydrogens is 240 g/mol. The van der Waals surface area contributed by atoms with Crippen LogP contribution in [0.25, 0.3) is 0 Å². The van der Waals surface area contributed by atoms with Crippen molar-refractivity contribution in [2.45, 2.75) is 30.6 Å². The molecule has 1 nitrogen and oxygen atoms in total. The molecule has 2 aromatic carbocycles. The van der Waals surface area contributed by atoms with Crippen LogP contribution < -0.4 is 4.74 Å².